The maximum Gasteiger partial charge on any atom is 0.250 e. The molecule has 1 aromatic heterocycles. The molecule has 2 aromatic carbocycles. The number of aromatic hydroxyl groups is 1. The lowest BCUT2D eigenvalue weighted by molar-refractivity contribution is -0.118. The van der Waals surface area contributed by atoms with E-state index < -0.39 is 0 Å². The normalized spacial score (nSPS) is 11.4. The number of nitrogens with zero attached hydrogens (tertiary/aromatic N) is 4. The molecule has 0 unspecified atom stereocenters. The zero-order valence-electron chi connectivity index (χ0n) is 17.0. The Bertz CT molecular complexity index is 1050. The molecule has 0 saturated carbocycles. The maximum absolute atomic E-state index is 12.2. The van der Waals surface area contributed by atoms with E-state index in [1.54, 1.807) is 19.1 Å². The van der Waals surface area contributed by atoms with Gasteiger partial charge in [-0.05, 0) is 32.0 Å². The van der Waals surface area contributed by atoms with Crippen molar-refractivity contribution in [1.82, 2.24) is 20.2 Å². The van der Waals surface area contributed by atoms with Crippen LogP contribution in [0, 0.1) is 0 Å². The maximum atomic E-state index is 12.2. The van der Waals surface area contributed by atoms with Crippen molar-refractivity contribution in [1.29, 1.82) is 0 Å². The second-order valence-electron chi connectivity index (χ2n) is 6.32. The number of benzene rings is 2. The average molecular weight is 426 g/mol. The first-order valence-corrected chi connectivity index (χ1v) is 10.3. The lowest BCUT2D eigenvalue weighted by Gasteiger charge is -2.08. The van der Waals surface area contributed by atoms with E-state index in [2.05, 4.69) is 20.7 Å². The highest BCUT2D eigenvalue weighted by Gasteiger charge is 2.14. The van der Waals surface area contributed by atoms with E-state index in [1.807, 2.05) is 41.8 Å². The summed E-state index contributed by atoms with van der Waals surface area (Å²) in [5.74, 6) is 1.07. The standard InChI is InChI=1S/C21H23N5O3S/c1-4-26-20(15-8-6-5-7-9-15)24-25-21(26)30-13-19(28)23-22-14(2)16-10-11-17(27)18(12-16)29-3/h5-12,27H,4,13H2,1-3H3,(H,23,28)/b22-14-. The fourth-order valence-electron chi connectivity index (χ4n) is 2.76. The molecule has 30 heavy (non-hydrogen) atoms. The fourth-order valence-corrected chi connectivity index (χ4v) is 3.55. The van der Waals surface area contributed by atoms with Crippen LogP contribution in [0.15, 0.2) is 58.8 Å². The average Bonchev–Trinajstić information content (AvgIpc) is 3.19. The first-order chi connectivity index (χ1) is 14.5. The van der Waals surface area contributed by atoms with E-state index >= 15 is 0 Å². The number of nitrogens with one attached hydrogen (secondary N) is 1. The van der Waals surface area contributed by atoms with Crippen molar-refractivity contribution < 1.29 is 14.6 Å². The highest BCUT2D eigenvalue weighted by atomic mass is 32.2. The van der Waals surface area contributed by atoms with Crippen LogP contribution in [-0.4, -0.2) is 44.4 Å². The molecular formula is C21H23N5O3S. The van der Waals surface area contributed by atoms with Crippen LogP contribution >= 0.6 is 11.8 Å². The Labute approximate surface area is 179 Å². The number of thioether (sulfide) groups is 1. The summed E-state index contributed by atoms with van der Waals surface area (Å²) >= 11 is 1.31. The van der Waals surface area contributed by atoms with Gasteiger partial charge in [-0.3, -0.25) is 4.79 Å². The number of rotatable bonds is 8. The van der Waals surface area contributed by atoms with Crippen molar-refractivity contribution in [3.8, 4) is 22.9 Å². The number of amides is 1. The highest BCUT2D eigenvalue weighted by molar-refractivity contribution is 7.99. The van der Waals surface area contributed by atoms with Crippen LogP contribution in [0.4, 0.5) is 0 Å². The molecule has 156 valence electrons. The van der Waals surface area contributed by atoms with Crippen LogP contribution in [0.25, 0.3) is 11.4 Å². The Balaban J connectivity index is 1.62. The molecule has 0 fully saturated rings. The Morgan fingerprint density at radius 3 is 2.70 bits per heavy atom. The van der Waals surface area contributed by atoms with Crippen molar-refractivity contribution in [3.63, 3.8) is 0 Å². The van der Waals surface area contributed by atoms with Crippen molar-refractivity contribution in [2.75, 3.05) is 12.9 Å². The molecule has 2 N–H and O–H groups in total. The molecule has 9 heteroatoms. The molecule has 8 nitrogen and oxygen atoms in total. The largest absolute Gasteiger partial charge is 0.504 e. The molecule has 1 amide bonds. The number of phenolic OH excluding ortho intramolecular Hbond substituents is 1. The molecule has 0 aliphatic rings. The third kappa shape index (κ3) is 4.98. The molecule has 1 heterocycles. The molecule has 0 aliphatic carbocycles. The van der Waals surface area contributed by atoms with Crippen LogP contribution in [0.2, 0.25) is 0 Å². The van der Waals surface area contributed by atoms with Crippen molar-refractivity contribution in [2.45, 2.75) is 25.5 Å². The second kappa shape index (κ2) is 9.93. The molecule has 0 atom stereocenters. The Kier molecular flexibility index (Phi) is 7.08. The van der Waals surface area contributed by atoms with Gasteiger partial charge in [0.05, 0.1) is 18.6 Å². The van der Waals surface area contributed by atoms with Gasteiger partial charge in [0.25, 0.3) is 5.91 Å². The van der Waals surface area contributed by atoms with Gasteiger partial charge >= 0.3 is 0 Å². The zero-order chi connectivity index (χ0) is 21.5. The summed E-state index contributed by atoms with van der Waals surface area (Å²) in [6.45, 7) is 4.47. The Morgan fingerprint density at radius 2 is 2.00 bits per heavy atom. The summed E-state index contributed by atoms with van der Waals surface area (Å²) < 4.78 is 7.07. The summed E-state index contributed by atoms with van der Waals surface area (Å²) in [7, 11) is 1.47. The highest BCUT2D eigenvalue weighted by Crippen LogP contribution is 2.26. The van der Waals surface area contributed by atoms with Gasteiger partial charge in [-0.15, -0.1) is 10.2 Å². The predicted octanol–water partition coefficient (Wildman–Crippen LogP) is 3.31. The number of phenols is 1. The number of hydrogen-bond acceptors (Lipinski definition) is 7. The van der Waals surface area contributed by atoms with Gasteiger partial charge in [0.15, 0.2) is 22.5 Å². The number of methoxy groups -OCH3 is 1. The number of ether oxygens (including phenoxy) is 1. The number of aromatic nitrogens is 3. The summed E-state index contributed by atoms with van der Waals surface area (Å²) in [5.41, 5.74) is 4.85. The summed E-state index contributed by atoms with van der Waals surface area (Å²) in [4.78, 5) is 12.2. The molecular weight excluding hydrogens is 402 g/mol. The van der Waals surface area contributed by atoms with Crippen LogP contribution in [0.3, 0.4) is 0 Å². The third-order valence-corrected chi connectivity index (χ3v) is 5.31. The van der Waals surface area contributed by atoms with Crippen molar-refractivity contribution in [3.05, 3.63) is 54.1 Å². The van der Waals surface area contributed by atoms with Crippen molar-refractivity contribution >= 4 is 23.4 Å². The third-order valence-electron chi connectivity index (χ3n) is 4.34. The van der Waals surface area contributed by atoms with Crippen LogP contribution < -0.4 is 10.2 Å². The topological polar surface area (TPSA) is 102 Å². The number of hydrogen-bond donors (Lipinski definition) is 2. The fraction of sp³-hybridized carbons (Fsp3) is 0.238. The molecule has 3 aromatic rings. The quantitative estimate of drug-likeness (QED) is 0.326. The first-order valence-electron chi connectivity index (χ1n) is 9.35. The lowest BCUT2D eigenvalue weighted by atomic mass is 10.1. The van der Waals surface area contributed by atoms with E-state index in [0.717, 1.165) is 17.0 Å². The van der Waals surface area contributed by atoms with Crippen LogP contribution in [0.5, 0.6) is 11.5 Å². The van der Waals surface area contributed by atoms with E-state index in [4.69, 9.17) is 4.74 Å². The van der Waals surface area contributed by atoms with Gasteiger partial charge in [-0.2, -0.15) is 5.10 Å². The monoisotopic (exact) mass is 425 g/mol. The molecule has 0 radical (unpaired) electrons. The van der Waals surface area contributed by atoms with Crippen LogP contribution in [-0.2, 0) is 11.3 Å². The number of hydrazone groups is 1. The van der Waals surface area contributed by atoms with Gasteiger partial charge < -0.3 is 14.4 Å². The van der Waals surface area contributed by atoms with Gasteiger partial charge in [0, 0.05) is 17.7 Å². The van der Waals surface area contributed by atoms with E-state index in [0.29, 0.717) is 23.2 Å². The predicted molar refractivity (Wildman–Crippen MR) is 117 cm³/mol. The smallest absolute Gasteiger partial charge is 0.250 e. The Morgan fingerprint density at radius 1 is 1.23 bits per heavy atom. The minimum atomic E-state index is -0.253. The minimum absolute atomic E-state index is 0.0457. The van der Waals surface area contributed by atoms with Gasteiger partial charge in [-0.25, -0.2) is 5.43 Å². The van der Waals surface area contributed by atoms with E-state index in [-0.39, 0.29) is 17.4 Å². The van der Waals surface area contributed by atoms with Gasteiger partial charge in [0.1, 0.15) is 0 Å². The minimum Gasteiger partial charge on any atom is -0.504 e. The molecule has 0 bridgehead atoms. The van der Waals surface area contributed by atoms with Gasteiger partial charge in [-0.1, -0.05) is 42.1 Å². The molecule has 0 aliphatic heterocycles. The first kappa shape index (κ1) is 21.4. The number of carbonyl (C=O) groups is 1. The summed E-state index contributed by atoms with van der Waals surface area (Å²) in [5, 5.41) is 23.0. The molecule has 0 saturated heterocycles. The van der Waals surface area contributed by atoms with Crippen molar-refractivity contribution in [2.24, 2.45) is 5.10 Å². The molecule has 3 rings (SSSR count). The lowest BCUT2D eigenvalue weighted by Crippen LogP contribution is -2.21. The summed E-state index contributed by atoms with van der Waals surface area (Å²) in [6, 6.07) is 14.7. The molecule has 0 spiro atoms. The van der Waals surface area contributed by atoms with Crippen LogP contribution in [0.1, 0.15) is 19.4 Å². The SMILES string of the molecule is CCn1c(SCC(=O)N/N=C(/C)c2ccc(O)c(OC)c2)nnc1-c1ccccc1. The van der Waals surface area contributed by atoms with E-state index in [1.165, 1.54) is 24.9 Å². The Hall–Kier alpha value is -3.33. The van der Waals surface area contributed by atoms with Gasteiger partial charge in [0.2, 0.25) is 0 Å². The second-order valence-corrected chi connectivity index (χ2v) is 7.27. The zero-order valence-corrected chi connectivity index (χ0v) is 17.8. The number of carbonyl (C=O) groups excluding carboxylic acids is 1. The summed E-state index contributed by atoms with van der Waals surface area (Å²) in [6.07, 6.45) is 0. The van der Waals surface area contributed by atoms with E-state index in [9.17, 15) is 9.90 Å².